The number of carbonyl (C=O) groups excluding carboxylic acids is 3. The lowest BCUT2D eigenvalue weighted by Gasteiger charge is -2.18. The van der Waals surface area contributed by atoms with Gasteiger partial charge in [0.25, 0.3) is 0 Å². The van der Waals surface area contributed by atoms with Crippen LogP contribution in [0, 0.1) is 0 Å². The van der Waals surface area contributed by atoms with Gasteiger partial charge in [0.15, 0.2) is 6.10 Å². The third-order valence-electron chi connectivity index (χ3n) is 15.1. The van der Waals surface area contributed by atoms with Crippen molar-refractivity contribution in [1.82, 2.24) is 0 Å². The standard InChI is InChI=1S/C75H130O6/c1-4-7-10-13-16-19-22-25-28-31-34-36-37-38-39-40-42-44-47-50-53-56-59-62-65-68-74(77)80-71-72(70-79-73(76)67-64-61-58-55-52-49-46-43-33-30-27-24-21-18-15-12-9-6-3)81-75(78)69-66-63-60-57-54-51-48-45-41-35-32-29-26-23-20-17-14-11-8-5-2/h7,10,16,19,21,24-25,28,30,33-34,36,38-39,42,44,72H,4-6,8-9,11-15,17-18,20,22-23,26-27,29,31-32,35,37,40-41,43,45-71H2,1-3H3/b10-7-,19-16-,24-21-,28-25-,33-30-,36-34-,39-38-,44-42-. The molecule has 0 aromatic rings. The molecule has 0 aromatic carbocycles. The Morgan fingerprint density at radius 2 is 0.481 bits per heavy atom. The number of esters is 3. The molecule has 81 heavy (non-hydrogen) atoms. The second-order valence-electron chi connectivity index (χ2n) is 23.1. The first-order chi connectivity index (χ1) is 40.0. The van der Waals surface area contributed by atoms with Crippen LogP contribution in [0.15, 0.2) is 97.2 Å². The van der Waals surface area contributed by atoms with Gasteiger partial charge >= 0.3 is 17.9 Å². The van der Waals surface area contributed by atoms with Crippen LogP contribution in [0.5, 0.6) is 0 Å². The van der Waals surface area contributed by atoms with Crippen LogP contribution in [0.25, 0.3) is 0 Å². The Morgan fingerprint density at radius 1 is 0.259 bits per heavy atom. The van der Waals surface area contributed by atoms with E-state index in [-0.39, 0.29) is 31.1 Å². The number of allylic oxidation sites excluding steroid dienone is 16. The van der Waals surface area contributed by atoms with Crippen molar-refractivity contribution in [3.05, 3.63) is 97.2 Å². The Balaban J connectivity index is 4.40. The van der Waals surface area contributed by atoms with Crippen molar-refractivity contribution in [2.75, 3.05) is 13.2 Å². The molecule has 0 amide bonds. The first-order valence-electron chi connectivity index (χ1n) is 34.7. The highest BCUT2D eigenvalue weighted by atomic mass is 16.6. The lowest BCUT2D eigenvalue weighted by Crippen LogP contribution is -2.30. The molecule has 0 aromatic heterocycles. The van der Waals surface area contributed by atoms with Crippen molar-refractivity contribution >= 4 is 17.9 Å². The van der Waals surface area contributed by atoms with E-state index in [4.69, 9.17) is 14.2 Å². The highest BCUT2D eigenvalue weighted by Gasteiger charge is 2.19. The van der Waals surface area contributed by atoms with Crippen LogP contribution in [0.4, 0.5) is 0 Å². The summed E-state index contributed by atoms with van der Waals surface area (Å²) in [6.07, 6.45) is 92.7. The molecule has 0 heterocycles. The van der Waals surface area contributed by atoms with E-state index in [1.165, 1.54) is 180 Å². The molecule has 0 aliphatic rings. The predicted octanol–water partition coefficient (Wildman–Crippen LogP) is 24.0. The molecular formula is C75H130O6. The highest BCUT2D eigenvalue weighted by molar-refractivity contribution is 5.71. The smallest absolute Gasteiger partial charge is 0.306 e. The minimum absolute atomic E-state index is 0.0839. The van der Waals surface area contributed by atoms with Crippen LogP contribution in [0.3, 0.4) is 0 Å². The summed E-state index contributed by atoms with van der Waals surface area (Å²) < 4.78 is 17.0. The average Bonchev–Trinajstić information content (AvgIpc) is 3.47. The Bertz CT molecular complexity index is 1580. The Hall–Kier alpha value is -3.67. The lowest BCUT2D eigenvalue weighted by molar-refractivity contribution is -0.167. The van der Waals surface area contributed by atoms with Gasteiger partial charge in [0.1, 0.15) is 13.2 Å². The van der Waals surface area contributed by atoms with Crippen molar-refractivity contribution in [3.63, 3.8) is 0 Å². The van der Waals surface area contributed by atoms with Crippen molar-refractivity contribution < 1.29 is 28.6 Å². The zero-order chi connectivity index (χ0) is 58.5. The van der Waals surface area contributed by atoms with Gasteiger partial charge in [-0.2, -0.15) is 0 Å². The summed E-state index contributed by atoms with van der Waals surface area (Å²) in [7, 11) is 0. The largest absolute Gasteiger partial charge is 0.462 e. The molecule has 0 saturated heterocycles. The fourth-order valence-corrected chi connectivity index (χ4v) is 9.89. The van der Waals surface area contributed by atoms with Crippen LogP contribution in [0.1, 0.15) is 342 Å². The van der Waals surface area contributed by atoms with Crippen LogP contribution < -0.4 is 0 Å². The highest BCUT2D eigenvalue weighted by Crippen LogP contribution is 2.17. The zero-order valence-electron chi connectivity index (χ0n) is 53.5. The molecule has 0 saturated carbocycles. The third kappa shape index (κ3) is 67.0. The minimum Gasteiger partial charge on any atom is -0.462 e. The van der Waals surface area contributed by atoms with Crippen molar-refractivity contribution in [1.29, 1.82) is 0 Å². The van der Waals surface area contributed by atoms with E-state index >= 15 is 0 Å². The van der Waals surface area contributed by atoms with Gasteiger partial charge in [0, 0.05) is 19.3 Å². The summed E-state index contributed by atoms with van der Waals surface area (Å²) in [6.45, 7) is 6.54. The Labute approximate surface area is 502 Å². The van der Waals surface area contributed by atoms with Gasteiger partial charge in [-0.15, -0.1) is 0 Å². The van der Waals surface area contributed by atoms with Gasteiger partial charge in [0.05, 0.1) is 0 Å². The maximum atomic E-state index is 13.0. The van der Waals surface area contributed by atoms with Crippen molar-refractivity contribution in [2.45, 2.75) is 348 Å². The summed E-state index contributed by atoms with van der Waals surface area (Å²) in [6, 6.07) is 0. The maximum absolute atomic E-state index is 13.0. The molecular weight excluding hydrogens is 997 g/mol. The zero-order valence-corrected chi connectivity index (χ0v) is 53.5. The van der Waals surface area contributed by atoms with Gasteiger partial charge in [-0.1, -0.05) is 317 Å². The second-order valence-corrected chi connectivity index (χ2v) is 23.1. The predicted molar refractivity (Wildman–Crippen MR) is 353 cm³/mol. The fourth-order valence-electron chi connectivity index (χ4n) is 9.89. The second kappa shape index (κ2) is 68.8. The quantitative estimate of drug-likeness (QED) is 0.0261. The van der Waals surface area contributed by atoms with Crippen LogP contribution in [-0.2, 0) is 28.6 Å². The monoisotopic (exact) mass is 1130 g/mol. The Morgan fingerprint density at radius 3 is 0.765 bits per heavy atom. The number of unbranched alkanes of at least 4 members (excludes halogenated alkanes) is 36. The molecule has 6 nitrogen and oxygen atoms in total. The molecule has 0 bridgehead atoms. The fraction of sp³-hybridized carbons (Fsp3) is 0.747. The van der Waals surface area contributed by atoms with Gasteiger partial charge in [-0.05, 0) is 103 Å². The Kier molecular flexibility index (Phi) is 65.7. The van der Waals surface area contributed by atoms with E-state index < -0.39 is 6.10 Å². The molecule has 0 aliphatic carbocycles. The summed E-state index contributed by atoms with van der Waals surface area (Å²) in [5, 5.41) is 0. The number of rotatable bonds is 63. The van der Waals surface area contributed by atoms with E-state index in [0.717, 1.165) is 122 Å². The van der Waals surface area contributed by atoms with Crippen molar-refractivity contribution in [2.24, 2.45) is 0 Å². The SMILES string of the molecule is CC/C=C\C/C=C\C/C=C\C/C=C\C/C=C\C/C=C\CCCCCCCCC(=O)OCC(COC(=O)CCCCCCCCC/C=C\C/C=C\CCCCCC)OC(=O)CCCCCCCCCCCCCCCCCCCCCC. The van der Waals surface area contributed by atoms with Crippen molar-refractivity contribution in [3.8, 4) is 0 Å². The van der Waals surface area contributed by atoms with Crippen LogP contribution >= 0.6 is 0 Å². The lowest BCUT2D eigenvalue weighted by atomic mass is 10.0. The molecule has 0 fully saturated rings. The third-order valence-corrected chi connectivity index (χ3v) is 15.1. The van der Waals surface area contributed by atoms with E-state index in [1.807, 2.05) is 0 Å². The van der Waals surface area contributed by atoms with Crippen LogP contribution in [0.2, 0.25) is 0 Å². The number of hydrogen-bond acceptors (Lipinski definition) is 6. The van der Waals surface area contributed by atoms with Gasteiger partial charge < -0.3 is 14.2 Å². The van der Waals surface area contributed by atoms with E-state index in [0.29, 0.717) is 19.3 Å². The van der Waals surface area contributed by atoms with Gasteiger partial charge in [0.2, 0.25) is 0 Å². The maximum Gasteiger partial charge on any atom is 0.306 e. The molecule has 0 rings (SSSR count). The molecule has 466 valence electrons. The van der Waals surface area contributed by atoms with Gasteiger partial charge in [-0.3, -0.25) is 14.4 Å². The van der Waals surface area contributed by atoms with E-state index in [1.54, 1.807) is 0 Å². The molecule has 0 spiro atoms. The number of ether oxygens (including phenoxy) is 3. The summed E-state index contributed by atoms with van der Waals surface area (Å²) in [5.74, 6) is -0.888. The summed E-state index contributed by atoms with van der Waals surface area (Å²) >= 11 is 0. The topological polar surface area (TPSA) is 78.9 Å². The molecule has 6 heteroatoms. The normalized spacial score (nSPS) is 12.7. The summed E-state index contributed by atoms with van der Waals surface area (Å²) in [4.78, 5) is 38.5. The molecule has 1 atom stereocenters. The summed E-state index contributed by atoms with van der Waals surface area (Å²) in [5.41, 5.74) is 0. The van der Waals surface area contributed by atoms with Gasteiger partial charge in [-0.25, -0.2) is 0 Å². The van der Waals surface area contributed by atoms with E-state index in [9.17, 15) is 14.4 Å². The average molecular weight is 1130 g/mol. The first-order valence-corrected chi connectivity index (χ1v) is 34.7. The van der Waals surface area contributed by atoms with Crippen LogP contribution in [-0.4, -0.2) is 37.2 Å². The number of hydrogen-bond donors (Lipinski definition) is 0. The molecule has 1 unspecified atom stereocenters. The first kappa shape index (κ1) is 77.3. The number of carbonyl (C=O) groups is 3. The molecule has 0 N–H and O–H groups in total. The minimum atomic E-state index is -0.789. The molecule has 0 radical (unpaired) electrons. The van der Waals surface area contributed by atoms with E-state index in [2.05, 4.69) is 118 Å². The molecule has 0 aliphatic heterocycles.